The lowest BCUT2D eigenvalue weighted by Gasteiger charge is -2.09. The first-order valence-electron chi connectivity index (χ1n) is 10.4. The number of thiophene rings is 1. The Balaban J connectivity index is 1.52. The molecule has 34 heavy (non-hydrogen) atoms. The van der Waals surface area contributed by atoms with Crippen LogP contribution in [-0.4, -0.2) is 30.1 Å². The van der Waals surface area contributed by atoms with E-state index >= 15 is 0 Å². The molecule has 0 saturated heterocycles. The molecule has 172 valence electrons. The van der Waals surface area contributed by atoms with Gasteiger partial charge in [-0.15, -0.1) is 11.3 Å². The Morgan fingerprint density at radius 2 is 1.94 bits per heavy atom. The largest absolute Gasteiger partial charge is 0.489 e. The summed E-state index contributed by atoms with van der Waals surface area (Å²) in [5, 5.41) is 12.7. The zero-order chi connectivity index (χ0) is 24.1. The summed E-state index contributed by atoms with van der Waals surface area (Å²) in [5.41, 5.74) is 2.82. The summed E-state index contributed by atoms with van der Waals surface area (Å²) in [5.74, 6) is 1.26. The van der Waals surface area contributed by atoms with Crippen LogP contribution in [-0.2, 0) is 18.0 Å². The number of nitrogens with one attached hydrogen (secondary N) is 1. The van der Waals surface area contributed by atoms with Gasteiger partial charge in [0.2, 0.25) is 5.88 Å². The highest BCUT2D eigenvalue weighted by Gasteiger charge is 2.21. The minimum absolute atomic E-state index is 0.248. The van der Waals surface area contributed by atoms with E-state index in [1.165, 1.54) is 18.4 Å². The van der Waals surface area contributed by atoms with Crippen molar-refractivity contribution in [1.82, 2.24) is 9.97 Å². The van der Waals surface area contributed by atoms with E-state index in [-0.39, 0.29) is 12.5 Å². The van der Waals surface area contributed by atoms with Crippen LogP contribution >= 0.6 is 11.3 Å². The summed E-state index contributed by atoms with van der Waals surface area (Å²) < 4.78 is 16.4. The van der Waals surface area contributed by atoms with Crippen LogP contribution in [0.15, 0.2) is 48.5 Å². The van der Waals surface area contributed by atoms with Crippen LogP contribution in [0.2, 0.25) is 0 Å². The van der Waals surface area contributed by atoms with Gasteiger partial charge in [-0.25, -0.2) is 4.98 Å². The lowest BCUT2D eigenvalue weighted by molar-refractivity contribution is 0.103. The van der Waals surface area contributed by atoms with Crippen LogP contribution in [0.25, 0.3) is 10.2 Å². The number of amides is 1. The molecule has 0 unspecified atom stereocenters. The topological polar surface area (TPSA) is 106 Å². The van der Waals surface area contributed by atoms with Crippen molar-refractivity contribution >= 4 is 33.1 Å². The Labute approximate surface area is 200 Å². The molecule has 2 aromatic carbocycles. The molecule has 0 bridgehead atoms. The van der Waals surface area contributed by atoms with Gasteiger partial charge in [-0.1, -0.05) is 18.2 Å². The van der Waals surface area contributed by atoms with Crippen LogP contribution in [0, 0.1) is 18.3 Å². The van der Waals surface area contributed by atoms with Gasteiger partial charge in [0.1, 0.15) is 23.8 Å². The molecule has 1 amide bonds. The third-order valence-corrected chi connectivity index (χ3v) is 6.21. The summed E-state index contributed by atoms with van der Waals surface area (Å²) in [7, 11) is 3.11. The second-order valence-electron chi connectivity index (χ2n) is 7.40. The van der Waals surface area contributed by atoms with Crippen molar-refractivity contribution in [3.8, 4) is 17.7 Å². The van der Waals surface area contributed by atoms with E-state index in [4.69, 9.17) is 19.5 Å². The minimum atomic E-state index is -0.255. The Morgan fingerprint density at radius 3 is 2.71 bits per heavy atom. The van der Waals surface area contributed by atoms with Crippen molar-refractivity contribution in [2.75, 3.05) is 19.5 Å². The molecule has 0 fully saturated rings. The number of methoxy groups -OCH3 is 2. The highest BCUT2D eigenvalue weighted by Crippen LogP contribution is 2.35. The van der Waals surface area contributed by atoms with Crippen molar-refractivity contribution in [2.24, 2.45) is 0 Å². The SMILES string of the molecule is COCc1nc(OC)c2c(C)c(C(=O)Nc3cccc(OCc4cccc(C#N)c4)c3)sc2n1. The molecule has 4 aromatic rings. The van der Waals surface area contributed by atoms with E-state index < -0.39 is 0 Å². The smallest absolute Gasteiger partial charge is 0.266 e. The predicted molar refractivity (Wildman–Crippen MR) is 129 cm³/mol. The number of rotatable bonds is 8. The molecule has 0 aliphatic heterocycles. The average Bonchev–Trinajstić information content (AvgIpc) is 3.19. The number of fused-ring (bicyclic) bond motifs is 1. The van der Waals surface area contributed by atoms with Gasteiger partial charge in [0.05, 0.1) is 29.0 Å². The van der Waals surface area contributed by atoms with Gasteiger partial charge >= 0.3 is 0 Å². The minimum Gasteiger partial charge on any atom is -0.489 e. The van der Waals surface area contributed by atoms with E-state index in [2.05, 4.69) is 21.4 Å². The number of aryl methyl sites for hydroxylation is 1. The number of aromatic nitrogens is 2. The molecule has 0 atom stereocenters. The van der Waals surface area contributed by atoms with Crippen LogP contribution < -0.4 is 14.8 Å². The Morgan fingerprint density at radius 1 is 1.12 bits per heavy atom. The van der Waals surface area contributed by atoms with Gasteiger partial charge in [0.25, 0.3) is 5.91 Å². The van der Waals surface area contributed by atoms with Gasteiger partial charge in [0, 0.05) is 18.9 Å². The maximum Gasteiger partial charge on any atom is 0.266 e. The van der Waals surface area contributed by atoms with E-state index in [1.807, 2.05) is 25.1 Å². The molecule has 0 aliphatic rings. The third kappa shape index (κ3) is 4.98. The summed E-state index contributed by atoms with van der Waals surface area (Å²) >= 11 is 1.28. The molecule has 9 heteroatoms. The first-order valence-corrected chi connectivity index (χ1v) is 11.2. The van der Waals surface area contributed by atoms with Crippen molar-refractivity contribution in [3.05, 3.63) is 75.9 Å². The molecule has 1 N–H and O–H groups in total. The average molecular weight is 475 g/mol. The molecule has 0 saturated carbocycles. The number of nitrogens with zero attached hydrogens (tertiary/aromatic N) is 3. The number of hydrogen-bond donors (Lipinski definition) is 1. The molecule has 0 spiro atoms. The maximum atomic E-state index is 13.1. The second-order valence-corrected chi connectivity index (χ2v) is 8.40. The number of anilines is 1. The fourth-order valence-electron chi connectivity index (χ4n) is 3.45. The molecule has 8 nitrogen and oxygen atoms in total. The van der Waals surface area contributed by atoms with Gasteiger partial charge in [-0.3, -0.25) is 4.79 Å². The van der Waals surface area contributed by atoms with Crippen molar-refractivity contribution in [2.45, 2.75) is 20.1 Å². The standard InChI is InChI=1S/C25H22N4O4S/c1-15-21-24(32-3)28-20(14-31-2)29-25(21)34-22(15)23(30)27-18-8-5-9-19(11-18)33-13-17-7-4-6-16(10-17)12-26/h4-11H,13-14H2,1-3H3,(H,27,30). The third-order valence-electron chi connectivity index (χ3n) is 5.03. The molecule has 0 aliphatic carbocycles. The normalized spacial score (nSPS) is 10.6. The number of hydrogen-bond acceptors (Lipinski definition) is 8. The molecule has 0 radical (unpaired) electrons. The zero-order valence-electron chi connectivity index (χ0n) is 18.9. The summed E-state index contributed by atoms with van der Waals surface area (Å²) in [4.78, 5) is 23.2. The van der Waals surface area contributed by atoms with Gasteiger partial charge in [0.15, 0.2) is 5.82 Å². The predicted octanol–water partition coefficient (Wildman–Crippen LogP) is 4.86. The second kappa shape index (κ2) is 10.3. The monoisotopic (exact) mass is 474 g/mol. The highest BCUT2D eigenvalue weighted by atomic mass is 32.1. The first kappa shape index (κ1) is 23.2. The van der Waals surface area contributed by atoms with E-state index in [1.54, 1.807) is 37.4 Å². The first-order chi connectivity index (χ1) is 16.5. The summed E-state index contributed by atoms with van der Waals surface area (Å²) in [6.45, 7) is 2.41. The number of benzene rings is 2. The molecular formula is C25H22N4O4S. The number of ether oxygens (including phenoxy) is 3. The number of carbonyl (C=O) groups excluding carboxylic acids is 1. The molecular weight excluding hydrogens is 452 g/mol. The van der Waals surface area contributed by atoms with E-state index in [0.29, 0.717) is 50.4 Å². The van der Waals surface area contributed by atoms with Crippen LogP contribution in [0.5, 0.6) is 11.6 Å². The van der Waals surface area contributed by atoms with Crippen molar-refractivity contribution in [3.63, 3.8) is 0 Å². The van der Waals surface area contributed by atoms with Gasteiger partial charge in [-0.2, -0.15) is 10.2 Å². The Bertz CT molecular complexity index is 1390. The number of carbonyl (C=O) groups is 1. The lowest BCUT2D eigenvalue weighted by Crippen LogP contribution is -2.11. The van der Waals surface area contributed by atoms with Gasteiger partial charge in [-0.05, 0) is 42.3 Å². The molecule has 2 heterocycles. The highest BCUT2D eigenvalue weighted by molar-refractivity contribution is 7.20. The van der Waals surface area contributed by atoms with Crippen LogP contribution in [0.3, 0.4) is 0 Å². The lowest BCUT2D eigenvalue weighted by atomic mass is 10.1. The van der Waals surface area contributed by atoms with E-state index in [9.17, 15) is 4.79 Å². The molecule has 2 aromatic heterocycles. The van der Waals surface area contributed by atoms with Crippen LogP contribution in [0.4, 0.5) is 5.69 Å². The fraction of sp³-hybridized carbons (Fsp3) is 0.200. The molecule has 4 rings (SSSR count). The Hall–Kier alpha value is -4.00. The van der Waals surface area contributed by atoms with Gasteiger partial charge < -0.3 is 19.5 Å². The van der Waals surface area contributed by atoms with E-state index in [0.717, 1.165) is 11.1 Å². The fourth-order valence-corrected chi connectivity index (χ4v) is 4.54. The summed E-state index contributed by atoms with van der Waals surface area (Å²) in [6, 6.07) is 16.5. The zero-order valence-corrected chi connectivity index (χ0v) is 19.7. The maximum absolute atomic E-state index is 13.1. The van der Waals surface area contributed by atoms with Crippen LogP contribution in [0.1, 0.15) is 32.2 Å². The number of nitriles is 1. The van der Waals surface area contributed by atoms with Crippen molar-refractivity contribution < 1.29 is 19.0 Å². The Kier molecular flexibility index (Phi) is 7.01. The van der Waals surface area contributed by atoms with Crippen molar-refractivity contribution in [1.29, 1.82) is 5.26 Å². The summed E-state index contributed by atoms with van der Waals surface area (Å²) in [6.07, 6.45) is 0. The quantitative estimate of drug-likeness (QED) is 0.389.